The Morgan fingerprint density at radius 2 is 2.42 bits per heavy atom. The number of carbonyl (C=O) groups is 2. The summed E-state index contributed by atoms with van der Waals surface area (Å²) in [5.41, 5.74) is 10.2. The summed E-state index contributed by atoms with van der Waals surface area (Å²) >= 11 is 0. The summed E-state index contributed by atoms with van der Waals surface area (Å²) in [5.74, 6) is -0.551. The highest BCUT2D eigenvalue weighted by atomic mass is 16.6. The van der Waals surface area contributed by atoms with Crippen molar-refractivity contribution >= 4 is 12.0 Å². The molecule has 1 fully saturated rings. The Morgan fingerprint density at radius 1 is 1.75 bits per heavy atom. The maximum Gasteiger partial charge on any atom is 0.410 e. The Morgan fingerprint density at radius 3 is 2.83 bits per heavy atom. The van der Waals surface area contributed by atoms with Crippen molar-refractivity contribution in [3.8, 4) is 0 Å². The summed E-state index contributed by atoms with van der Waals surface area (Å²) in [5, 5.41) is 0. The third-order valence-corrected chi connectivity index (χ3v) is 1.56. The first kappa shape index (κ1) is 8.79. The number of hydrogen-bond donors (Lipinski definition) is 2. The standard InChI is InChI=1S/C6H11N3O3/c7-1-4-2-9(3-5(8)10)6(11)12-4/h4H,1-3,7H2,(H2,8,10). The number of ether oxygens (including phenoxy) is 1. The van der Waals surface area contributed by atoms with Gasteiger partial charge in [0, 0.05) is 6.54 Å². The van der Waals surface area contributed by atoms with Crippen LogP contribution >= 0.6 is 0 Å². The molecule has 1 rings (SSSR count). The van der Waals surface area contributed by atoms with Crippen LogP contribution in [0.1, 0.15) is 0 Å². The van der Waals surface area contributed by atoms with Crippen molar-refractivity contribution in [2.45, 2.75) is 6.10 Å². The molecule has 2 amide bonds. The van der Waals surface area contributed by atoms with E-state index in [-0.39, 0.29) is 19.2 Å². The maximum absolute atomic E-state index is 10.9. The highest BCUT2D eigenvalue weighted by molar-refractivity contribution is 5.81. The van der Waals surface area contributed by atoms with Crippen molar-refractivity contribution in [2.24, 2.45) is 11.5 Å². The zero-order valence-corrected chi connectivity index (χ0v) is 6.53. The fourth-order valence-electron chi connectivity index (χ4n) is 1.01. The van der Waals surface area contributed by atoms with Gasteiger partial charge in [-0.1, -0.05) is 0 Å². The van der Waals surface area contributed by atoms with E-state index in [4.69, 9.17) is 16.2 Å². The largest absolute Gasteiger partial charge is 0.443 e. The van der Waals surface area contributed by atoms with Gasteiger partial charge in [-0.2, -0.15) is 0 Å². The minimum Gasteiger partial charge on any atom is -0.443 e. The molecule has 68 valence electrons. The molecule has 0 aliphatic carbocycles. The molecule has 1 aliphatic heterocycles. The third-order valence-electron chi connectivity index (χ3n) is 1.56. The van der Waals surface area contributed by atoms with Gasteiger partial charge in [0.15, 0.2) is 0 Å². The van der Waals surface area contributed by atoms with Crippen molar-refractivity contribution in [2.75, 3.05) is 19.6 Å². The monoisotopic (exact) mass is 173 g/mol. The molecule has 1 aliphatic rings. The number of cyclic esters (lactones) is 1. The second kappa shape index (κ2) is 3.40. The van der Waals surface area contributed by atoms with E-state index >= 15 is 0 Å². The molecule has 0 spiro atoms. The van der Waals surface area contributed by atoms with Gasteiger partial charge in [-0.3, -0.25) is 9.69 Å². The lowest BCUT2D eigenvalue weighted by molar-refractivity contribution is -0.118. The summed E-state index contributed by atoms with van der Waals surface area (Å²) in [4.78, 5) is 22.6. The Hall–Kier alpha value is -1.30. The lowest BCUT2D eigenvalue weighted by Gasteiger charge is -2.08. The predicted molar refractivity (Wildman–Crippen MR) is 40.1 cm³/mol. The highest BCUT2D eigenvalue weighted by Crippen LogP contribution is 2.08. The molecule has 0 aromatic rings. The molecule has 6 nitrogen and oxygen atoms in total. The van der Waals surface area contributed by atoms with Crippen molar-refractivity contribution in [3.63, 3.8) is 0 Å². The molecule has 0 aromatic heterocycles. The molecule has 4 N–H and O–H groups in total. The van der Waals surface area contributed by atoms with Crippen LogP contribution in [0.25, 0.3) is 0 Å². The minimum absolute atomic E-state index is 0.102. The zero-order valence-electron chi connectivity index (χ0n) is 6.53. The van der Waals surface area contributed by atoms with E-state index in [1.165, 1.54) is 4.90 Å². The van der Waals surface area contributed by atoms with Gasteiger partial charge in [0.2, 0.25) is 5.91 Å². The van der Waals surface area contributed by atoms with E-state index in [2.05, 4.69) is 0 Å². The number of carbonyl (C=O) groups excluding carboxylic acids is 2. The van der Waals surface area contributed by atoms with Gasteiger partial charge >= 0.3 is 6.09 Å². The first-order valence-corrected chi connectivity index (χ1v) is 3.57. The maximum atomic E-state index is 10.9. The molecule has 1 saturated heterocycles. The van der Waals surface area contributed by atoms with Crippen LogP contribution in [-0.2, 0) is 9.53 Å². The molecule has 0 aromatic carbocycles. The van der Waals surface area contributed by atoms with E-state index in [1.54, 1.807) is 0 Å². The molecule has 0 bridgehead atoms. The molecule has 6 heteroatoms. The zero-order chi connectivity index (χ0) is 9.14. The van der Waals surface area contributed by atoms with Gasteiger partial charge in [0.1, 0.15) is 12.6 Å². The fourth-order valence-corrected chi connectivity index (χ4v) is 1.01. The second-order valence-electron chi connectivity index (χ2n) is 2.59. The Labute approximate surface area is 69.4 Å². The van der Waals surface area contributed by atoms with Gasteiger partial charge < -0.3 is 16.2 Å². The van der Waals surface area contributed by atoms with Crippen LogP contribution in [0.5, 0.6) is 0 Å². The number of amides is 2. The van der Waals surface area contributed by atoms with Gasteiger partial charge in [0.25, 0.3) is 0 Å². The lowest BCUT2D eigenvalue weighted by atomic mass is 10.3. The van der Waals surface area contributed by atoms with Gasteiger partial charge in [-0.25, -0.2) is 4.79 Å². The van der Waals surface area contributed by atoms with Crippen molar-refractivity contribution in [3.05, 3.63) is 0 Å². The fraction of sp³-hybridized carbons (Fsp3) is 0.667. The summed E-state index contributed by atoms with van der Waals surface area (Å²) < 4.78 is 4.78. The van der Waals surface area contributed by atoms with Crippen molar-refractivity contribution in [1.82, 2.24) is 4.90 Å². The molecule has 1 atom stereocenters. The van der Waals surface area contributed by atoms with E-state index in [9.17, 15) is 9.59 Å². The Bertz CT molecular complexity index is 206. The van der Waals surface area contributed by atoms with Gasteiger partial charge in [-0.05, 0) is 0 Å². The average Bonchev–Trinajstić information content (AvgIpc) is 2.31. The molecule has 12 heavy (non-hydrogen) atoms. The second-order valence-corrected chi connectivity index (χ2v) is 2.59. The molecule has 0 saturated carbocycles. The molecule has 1 heterocycles. The molecule has 0 radical (unpaired) electrons. The summed E-state index contributed by atoms with van der Waals surface area (Å²) in [6.07, 6.45) is -0.832. The van der Waals surface area contributed by atoms with Gasteiger partial charge in [-0.15, -0.1) is 0 Å². The van der Waals surface area contributed by atoms with E-state index in [1.807, 2.05) is 0 Å². The number of nitrogens with zero attached hydrogens (tertiary/aromatic N) is 1. The quantitative estimate of drug-likeness (QED) is 0.528. The third kappa shape index (κ3) is 1.85. The van der Waals surface area contributed by atoms with E-state index in [0.29, 0.717) is 6.54 Å². The van der Waals surface area contributed by atoms with Crippen LogP contribution in [0, 0.1) is 0 Å². The predicted octanol–water partition coefficient (Wildman–Crippen LogP) is -1.75. The Balaban J connectivity index is 2.46. The lowest BCUT2D eigenvalue weighted by Crippen LogP contribution is -2.35. The first-order valence-electron chi connectivity index (χ1n) is 3.57. The summed E-state index contributed by atoms with van der Waals surface area (Å²) in [7, 11) is 0. The van der Waals surface area contributed by atoms with E-state index in [0.717, 1.165) is 0 Å². The van der Waals surface area contributed by atoms with E-state index < -0.39 is 12.0 Å². The Kier molecular flexibility index (Phi) is 2.49. The molecular formula is C6H11N3O3. The number of primary amides is 1. The van der Waals surface area contributed by atoms with Crippen LogP contribution in [0.2, 0.25) is 0 Å². The van der Waals surface area contributed by atoms with Crippen molar-refractivity contribution in [1.29, 1.82) is 0 Å². The topological polar surface area (TPSA) is 98.6 Å². The normalized spacial score (nSPS) is 22.6. The molecular weight excluding hydrogens is 162 g/mol. The minimum atomic E-state index is -0.551. The first-order chi connectivity index (χ1) is 5.63. The SMILES string of the molecule is NCC1CN(CC(N)=O)C(=O)O1. The van der Waals surface area contributed by atoms with Gasteiger partial charge in [0.05, 0.1) is 6.54 Å². The van der Waals surface area contributed by atoms with Crippen LogP contribution in [0.4, 0.5) is 4.79 Å². The highest BCUT2D eigenvalue weighted by Gasteiger charge is 2.30. The number of rotatable bonds is 3. The van der Waals surface area contributed by atoms with Crippen molar-refractivity contribution < 1.29 is 14.3 Å². The molecule has 1 unspecified atom stereocenters. The average molecular weight is 173 g/mol. The number of nitrogens with two attached hydrogens (primary N) is 2. The van der Waals surface area contributed by atoms with Crippen LogP contribution in [0.15, 0.2) is 0 Å². The summed E-state index contributed by atoms with van der Waals surface area (Å²) in [6, 6.07) is 0. The van der Waals surface area contributed by atoms with Crippen LogP contribution in [0.3, 0.4) is 0 Å². The van der Waals surface area contributed by atoms with Crippen LogP contribution < -0.4 is 11.5 Å². The number of hydrogen-bond acceptors (Lipinski definition) is 4. The van der Waals surface area contributed by atoms with Crippen LogP contribution in [-0.4, -0.2) is 42.6 Å². The summed E-state index contributed by atoms with van der Waals surface area (Å²) in [6.45, 7) is 0.509. The smallest absolute Gasteiger partial charge is 0.410 e.